The predicted octanol–water partition coefficient (Wildman–Crippen LogP) is 1.12. The van der Waals surface area contributed by atoms with E-state index < -0.39 is 30.5 Å². The number of ether oxygens (including phenoxy) is 1. The molecular weight excluding hydrogens is 315 g/mol. The summed E-state index contributed by atoms with van der Waals surface area (Å²) >= 11 is 0. The highest BCUT2D eigenvalue weighted by atomic mass is 19.4. The molecule has 2 rings (SSSR count). The maximum absolute atomic E-state index is 12.3. The zero-order valence-corrected chi connectivity index (χ0v) is 12.4. The van der Waals surface area contributed by atoms with Gasteiger partial charge in [-0.3, -0.25) is 9.59 Å². The summed E-state index contributed by atoms with van der Waals surface area (Å²) in [6, 6.07) is 3.38. The maximum atomic E-state index is 12.3. The molecule has 1 aliphatic rings. The van der Waals surface area contributed by atoms with Crippen molar-refractivity contribution in [2.24, 2.45) is 5.92 Å². The van der Waals surface area contributed by atoms with E-state index in [4.69, 9.17) is 4.74 Å². The first-order valence-electron chi connectivity index (χ1n) is 6.90. The van der Waals surface area contributed by atoms with E-state index in [9.17, 15) is 22.8 Å². The van der Waals surface area contributed by atoms with Crippen molar-refractivity contribution >= 4 is 11.8 Å². The van der Waals surface area contributed by atoms with Crippen molar-refractivity contribution in [1.82, 2.24) is 15.2 Å². The molecule has 0 saturated carbocycles. The van der Waals surface area contributed by atoms with Crippen LogP contribution in [0.1, 0.15) is 12.0 Å². The number of alkyl halides is 3. The van der Waals surface area contributed by atoms with Gasteiger partial charge in [-0.05, 0) is 6.07 Å². The molecule has 1 aromatic heterocycles. The highest BCUT2D eigenvalue weighted by molar-refractivity contribution is 5.89. The van der Waals surface area contributed by atoms with E-state index in [1.54, 1.807) is 12.1 Å². The first-order chi connectivity index (χ1) is 10.8. The van der Waals surface area contributed by atoms with Crippen molar-refractivity contribution in [2.75, 3.05) is 20.2 Å². The van der Waals surface area contributed by atoms with Crippen molar-refractivity contribution in [1.29, 1.82) is 0 Å². The van der Waals surface area contributed by atoms with Gasteiger partial charge in [0.25, 0.3) is 0 Å². The fraction of sp³-hybridized carbons (Fsp3) is 0.500. The van der Waals surface area contributed by atoms with Crippen LogP contribution in [-0.2, 0) is 16.1 Å². The molecule has 1 saturated heterocycles. The Bertz CT molecular complexity index is 592. The number of hydrogen-bond donors (Lipinski definition) is 1. The van der Waals surface area contributed by atoms with Gasteiger partial charge in [-0.2, -0.15) is 13.2 Å². The quantitative estimate of drug-likeness (QED) is 0.878. The van der Waals surface area contributed by atoms with E-state index in [0.717, 1.165) is 0 Å². The largest absolute Gasteiger partial charge is 0.481 e. The minimum Gasteiger partial charge on any atom is -0.481 e. The van der Waals surface area contributed by atoms with Gasteiger partial charge >= 0.3 is 6.18 Å². The second kappa shape index (κ2) is 6.84. The summed E-state index contributed by atoms with van der Waals surface area (Å²) in [5.74, 6) is -1.56. The number of methoxy groups -OCH3 is 1. The van der Waals surface area contributed by atoms with Gasteiger partial charge in [-0.15, -0.1) is 0 Å². The highest BCUT2D eigenvalue weighted by Gasteiger charge is 2.40. The predicted molar refractivity (Wildman–Crippen MR) is 73.4 cm³/mol. The first-order valence-corrected chi connectivity index (χ1v) is 6.90. The number of rotatable bonds is 5. The third-order valence-electron chi connectivity index (χ3n) is 3.45. The zero-order chi connectivity index (χ0) is 17.0. The molecule has 9 heteroatoms. The number of nitrogens with zero attached hydrogens (tertiary/aromatic N) is 2. The summed E-state index contributed by atoms with van der Waals surface area (Å²) in [5.41, 5.74) is 0.639. The molecule has 1 N–H and O–H groups in total. The normalized spacial score (nSPS) is 18.2. The number of nitrogens with one attached hydrogen (secondary N) is 1. The number of amides is 2. The Morgan fingerprint density at radius 1 is 1.52 bits per heavy atom. The van der Waals surface area contributed by atoms with Crippen LogP contribution < -0.4 is 10.1 Å². The van der Waals surface area contributed by atoms with Gasteiger partial charge in [0.05, 0.1) is 13.0 Å². The summed E-state index contributed by atoms with van der Waals surface area (Å²) < 4.78 is 42.1. The Kier molecular flexibility index (Phi) is 5.07. The average molecular weight is 331 g/mol. The molecule has 1 fully saturated rings. The van der Waals surface area contributed by atoms with Crippen molar-refractivity contribution in [2.45, 2.75) is 19.1 Å². The Labute approximate surface area is 130 Å². The molecule has 0 aromatic carbocycles. The summed E-state index contributed by atoms with van der Waals surface area (Å²) in [6.45, 7) is -1.43. The standard InChI is InChI=1S/C14H16F3N3O3/c1-23-13-9(3-2-4-18-13)6-19-12(22)10-5-11(21)20(7-10)8-14(15,16)17/h2-4,10H,5-8H2,1H3,(H,19,22). The van der Waals surface area contributed by atoms with E-state index in [2.05, 4.69) is 10.3 Å². The van der Waals surface area contributed by atoms with Gasteiger partial charge < -0.3 is 15.0 Å². The molecule has 0 bridgehead atoms. The number of hydrogen-bond acceptors (Lipinski definition) is 4. The van der Waals surface area contributed by atoms with Gasteiger partial charge in [-0.25, -0.2) is 4.98 Å². The van der Waals surface area contributed by atoms with Crippen molar-refractivity contribution in [3.8, 4) is 5.88 Å². The van der Waals surface area contributed by atoms with Crippen molar-refractivity contribution in [3.63, 3.8) is 0 Å². The van der Waals surface area contributed by atoms with Gasteiger partial charge in [0.2, 0.25) is 17.7 Å². The Hall–Kier alpha value is -2.32. The summed E-state index contributed by atoms with van der Waals surface area (Å²) in [5, 5.41) is 2.60. The van der Waals surface area contributed by atoms with Gasteiger partial charge in [0.15, 0.2) is 0 Å². The SMILES string of the molecule is COc1ncccc1CNC(=O)C1CC(=O)N(CC(F)(F)F)C1. The van der Waals surface area contributed by atoms with Gasteiger partial charge in [0, 0.05) is 31.3 Å². The number of carbonyl (C=O) groups is 2. The minimum atomic E-state index is -4.47. The Morgan fingerprint density at radius 3 is 2.91 bits per heavy atom. The number of likely N-dealkylation sites (tertiary alicyclic amines) is 1. The second-order valence-corrected chi connectivity index (χ2v) is 5.18. The molecule has 0 aliphatic carbocycles. The average Bonchev–Trinajstić information content (AvgIpc) is 2.84. The van der Waals surface area contributed by atoms with Crippen LogP contribution in [0.3, 0.4) is 0 Å². The third kappa shape index (κ3) is 4.57. The number of halogens is 3. The molecule has 2 amide bonds. The topological polar surface area (TPSA) is 71.5 Å². The minimum absolute atomic E-state index is 0.125. The first kappa shape index (κ1) is 17.0. The molecule has 1 atom stereocenters. The fourth-order valence-corrected chi connectivity index (χ4v) is 2.39. The molecule has 6 nitrogen and oxygen atoms in total. The molecule has 23 heavy (non-hydrogen) atoms. The number of aromatic nitrogens is 1. The van der Waals surface area contributed by atoms with Crippen LogP contribution in [0.4, 0.5) is 13.2 Å². The van der Waals surface area contributed by atoms with E-state index in [1.807, 2.05) is 0 Å². The van der Waals surface area contributed by atoms with Crippen LogP contribution >= 0.6 is 0 Å². The van der Waals surface area contributed by atoms with Crippen LogP contribution in [0, 0.1) is 5.92 Å². The van der Waals surface area contributed by atoms with E-state index in [1.165, 1.54) is 13.3 Å². The van der Waals surface area contributed by atoms with Gasteiger partial charge in [0.1, 0.15) is 6.54 Å². The lowest BCUT2D eigenvalue weighted by atomic mass is 10.1. The van der Waals surface area contributed by atoms with Crippen LogP contribution in [-0.4, -0.2) is 48.1 Å². The Balaban J connectivity index is 1.91. The second-order valence-electron chi connectivity index (χ2n) is 5.18. The van der Waals surface area contributed by atoms with E-state index in [-0.39, 0.29) is 19.5 Å². The maximum Gasteiger partial charge on any atom is 0.406 e. The van der Waals surface area contributed by atoms with Crippen molar-refractivity contribution < 1.29 is 27.5 Å². The molecule has 1 aromatic rings. The van der Waals surface area contributed by atoms with Gasteiger partial charge in [-0.1, -0.05) is 6.07 Å². The summed E-state index contributed by atoms with van der Waals surface area (Å²) in [4.78, 5) is 28.2. The van der Waals surface area contributed by atoms with Crippen LogP contribution in [0.15, 0.2) is 18.3 Å². The molecular formula is C14H16F3N3O3. The highest BCUT2D eigenvalue weighted by Crippen LogP contribution is 2.24. The summed E-state index contributed by atoms with van der Waals surface area (Å²) in [6.07, 6.45) is -3.15. The monoisotopic (exact) mass is 331 g/mol. The molecule has 0 radical (unpaired) electrons. The molecule has 1 unspecified atom stereocenters. The third-order valence-corrected chi connectivity index (χ3v) is 3.45. The molecule has 126 valence electrons. The van der Waals surface area contributed by atoms with E-state index >= 15 is 0 Å². The smallest absolute Gasteiger partial charge is 0.406 e. The molecule has 0 spiro atoms. The lowest BCUT2D eigenvalue weighted by molar-refractivity contribution is -0.157. The summed E-state index contributed by atoms with van der Waals surface area (Å²) in [7, 11) is 1.44. The van der Waals surface area contributed by atoms with Crippen molar-refractivity contribution in [3.05, 3.63) is 23.9 Å². The fourth-order valence-electron chi connectivity index (χ4n) is 2.39. The number of carbonyl (C=O) groups excluding carboxylic acids is 2. The van der Waals surface area contributed by atoms with Crippen LogP contribution in [0.2, 0.25) is 0 Å². The molecule has 2 heterocycles. The zero-order valence-electron chi connectivity index (χ0n) is 12.4. The number of pyridine rings is 1. The Morgan fingerprint density at radius 2 is 2.26 bits per heavy atom. The van der Waals surface area contributed by atoms with E-state index in [0.29, 0.717) is 16.3 Å². The van der Waals surface area contributed by atoms with Crippen LogP contribution in [0.5, 0.6) is 5.88 Å². The lowest BCUT2D eigenvalue weighted by Gasteiger charge is -2.18. The van der Waals surface area contributed by atoms with Crippen LogP contribution in [0.25, 0.3) is 0 Å². The molecule has 1 aliphatic heterocycles. The lowest BCUT2D eigenvalue weighted by Crippen LogP contribution is -2.37.